The van der Waals surface area contributed by atoms with Crippen molar-refractivity contribution in [1.29, 1.82) is 0 Å². The van der Waals surface area contributed by atoms with Crippen molar-refractivity contribution in [3.63, 3.8) is 0 Å². The Kier molecular flexibility index (Phi) is 4.96. The predicted octanol–water partition coefficient (Wildman–Crippen LogP) is 4.12. The van der Waals surface area contributed by atoms with Gasteiger partial charge < -0.3 is 10.0 Å². The number of carboxylic acid groups (broad SMARTS) is 1. The number of carboxylic acids is 1. The van der Waals surface area contributed by atoms with Crippen molar-refractivity contribution in [1.82, 2.24) is 9.97 Å². The summed E-state index contributed by atoms with van der Waals surface area (Å²) in [6.45, 7) is 1.42. The van der Waals surface area contributed by atoms with Crippen molar-refractivity contribution in [2.45, 2.75) is 19.4 Å². The summed E-state index contributed by atoms with van der Waals surface area (Å²) >= 11 is 6.11. The third kappa shape index (κ3) is 3.68. The highest BCUT2D eigenvalue weighted by atomic mass is 35.5. The number of carbonyl (C=O) groups is 1. The first-order chi connectivity index (χ1) is 13.5. The van der Waals surface area contributed by atoms with Crippen LogP contribution >= 0.6 is 11.6 Å². The van der Waals surface area contributed by atoms with E-state index in [0.29, 0.717) is 23.8 Å². The topological polar surface area (TPSA) is 66.3 Å². The molecule has 1 N–H and O–H groups in total. The summed E-state index contributed by atoms with van der Waals surface area (Å²) in [5.41, 5.74) is 3.49. The van der Waals surface area contributed by atoms with E-state index in [9.17, 15) is 14.3 Å². The van der Waals surface area contributed by atoms with Gasteiger partial charge in [0.1, 0.15) is 5.82 Å². The third-order valence-electron chi connectivity index (χ3n) is 4.87. The highest BCUT2D eigenvalue weighted by Gasteiger charge is 2.21. The van der Waals surface area contributed by atoms with Gasteiger partial charge in [-0.15, -0.1) is 0 Å². The Balaban J connectivity index is 1.67. The maximum Gasteiger partial charge on any atom is 0.339 e. The Hall–Kier alpha value is -2.99. The van der Waals surface area contributed by atoms with Gasteiger partial charge in [-0.2, -0.15) is 0 Å². The summed E-state index contributed by atoms with van der Waals surface area (Å²) in [5.74, 6) is -1.07. The van der Waals surface area contributed by atoms with Gasteiger partial charge in [0.25, 0.3) is 0 Å². The average Bonchev–Trinajstić information content (AvgIpc) is 2.69. The van der Waals surface area contributed by atoms with Gasteiger partial charge in [-0.1, -0.05) is 41.9 Å². The number of hydrogen-bond donors (Lipinski definition) is 1. The highest BCUT2D eigenvalue weighted by molar-refractivity contribution is 6.31. The number of fused-ring (bicyclic) bond motifs is 1. The molecule has 0 spiro atoms. The third-order valence-corrected chi connectivity index (χ3v) is 5.22. The van der Waals surface area contributed by atoms with E-state index in [1.165, 1.54) is 29.5 Å². The fourth-order valence-corrected chi connectivity index (χ4v) is 3.62. The molecule has 0 radical (unpaired) electrons. The first kappa shape index (κ1) is 18.4. The van der Waals surface area contributed by atoms with Crippen LogP contribution < -0.4 is 4.90 Å². The molecule has 0 bridgehead atoms. The van der Waals surface area contributed by atoms with E-state index < -0.39 is 11.8 Å². The molecule has 1 aromatic heterocycles. The largest absolute Gasteiger partial charge is 0.478 e. The quantitative estimate of drug-likeness (QED) is 0.717. The first-order valence-corrected chi connectivity index (χ1v) is 9.24. The van der Waals surface area contributed by atoms with E-state index in [2.05, 4.69) is 22.1 Å². The Morgan fingerprint density at radius 1 is 1.21 bits per heavy atom. The van der Waals surface area contributed by atoms with Crippen molar-refractivity contribution in [2.75, 3.05) is 11.4 Å². The second kappa shape index (κ2) is 7.56. The summed E-state index contributed by atoms with van der Waals surface area (Å²) in [7, 11) is 0. The van der Waals surface area contributed by atoms with Gasteiger partial charge in [0.2, 0.25) is 5.95 Å². The van der Waals surface area contributed by atoms with Crippen molar-refractivity contribution in [3.8, 4) is 0 Å². The van der Waals surface area contributed by atoms with Crippen molar-refractivity contribution in [2.24, 2.45) is 0 Å². The van der Waals surface area contributed by atoms with Crippen molar-refractivity contribution < 1.29 is 14.3 Å². The molecule has 2 heterocycles. The Morgan fingerprint density at radius 3 is 2.75 bits per heavy atom. The minimum Gasteiger partial charge on any atom is -0.478 e. The lowest BCUT2D eigenvalue weighted by molar-refractivity contribution is 0.0695. The monoisotopic (exact) mass is 397 g/mol. The Morgan fingerprint density at radius 2 is 2.00 bits per heavy atom. The highest BCUT2D eigenvalue weighted by Crippen LogP contribution is 2.25. The summed E-state index contributed by atoms with van der Waals surface area (Å²) < 4.78 is 13.3. The van der Waals surface area contributed by atoms with Crippen LogP contribution in [0.2, 0.25) is 5.02 Å². The van der Waals surface area contributed by atoms with E-state index in [0.717, 1.165) is 13.0 Å². The van der Waals surface area contributed by atoms with Crippen molar-refractivity contribution >= 4 is 23.5 Å². The van der Waals surface area contributed by atoms with Crippen LogP contribution in [-0.2, 0) is 19.4 Å². The van der Waals surface area contributed by atoms with E-state index >= 15 is 0 Å². The minimum atomic E-state index is -1.11. The molecule has 5 nitrogen and oxygen atoms in total. The number of halogens is 2. The summed E-state index contributed by atoms with van der Waals surface area (Å²) in [4.78, 5) is 22.5. The summed E-state index contributed by atoms with van der Waals surface area (Å²) in [6.07, 6.45) is 2.39. The molecule has 142 valence electrons. The molecule has 1 aliphatic heterocycles. The number of rotatable bonds is 4. The van der Waals surface area contributed by atoms with Crippen LogP contribution in [0.4, 0.5) is 10.3 Å². The van der Waals surface area contributed by atoms with Gasteiger partial charge in [-0.05, 0) is 35.2 Å². The maximum absolute atomic E-state index is 13.3. The number of nitrogens with zero attached hydrogens (tertiary/aromatic N) is 3. The molecule has 0 saturated carbocycles. The fourth-order valence-electron chi connectivity index (χ4n) is 3.38. The second-order valence-corrected chi connectivity index (χ2v) is 7.10. The smallest absolute Gasteiger partial charge is 0.339 e. The van der Waals surface area contributed by atoms with Crippen LogP contribution in [0.5, 0.6) is 0 Å². The number of hydrogen-bond acceptors (Lipinski definition) is 4. The van der Waals surface area contributed by atoms with Gasteiger partial charge in [0, 0.05) is 30.7 Å². The number of aromatic nitrogens is 2. The van der Waals surface area contributed by atoms with Crippen LogP contribution in [0.1, 0.15) is 32.7 Å². The molecule has 0 unspecified atom stereocenters. The van der Waals surface area contributed by atoms with E-state index in [4.69, 9.17) is 11.6 Å². The van der Waals surface area contributed by atoms with Crippen LogP contribution in [0.3, 0.4) is 0 Å². The molecule has 7 heteroatoms. The molecule has 0 amide bonds. The molecule has 3 aromatic rings. The van der Waals surface area contributed by atoms with Gasteiger partial charge in [0.05, 0.1) is 11.3 Å². The first-order valence-electron chi connectivity index (χ1n) is 8.86. The standard InChI is InChI=1S/C21H17ClFN3O2/c22-18-10-16(23)6-5-14(18)9-19-17(20(27)28)11-24-21(25-19)26-8-7-13-3-1-2-4-15(13)12-26/h1-6,10-11H,7-9,12H2,(H,27,28). The summed E-state index contributed by atoms with van der Waals surface area (Å²) in [5, 5.41) is 9.74. The molecule has 4 rings (SSSR count). The molecular formula is C21H17ClFN3O2. The minimum absolute atomic E-state index is 0.0153. The van der Waals surface area contributed by atoms with Crippen LogP contribution in [0.25, 0.3) is 0 Å². The lowest BCUT2D eigenvalue weighted by Gasteiger charge is -2.29. The average molecular weight is 398 g/mol. The molecule has 28 heavy (non-hydrogen) atoms. The lowest BCUT2D eigenvalue weighted by Crippen LogP contribution is -2.32. The Bertz CT molecular complexity index is 1060. The zero-order chi connectivity index (χ0) is 19.7. The van der Waals surface area contributed by atoms with Gasteiger partial charge >= 0.3 is 5.97 Å². The lowest BCUT2D eigenvalue weighted by atomic mass is 10.0. The van der Waals surface area contributed by atoms with Crippen LogP contribution in [0, 0.1) is 5.82 Å². The second-order valence-electron chi connectivity index (χ2n) is 6.69. The number of anilines is 1. The number of benzene rings is 2. The van der Waals surface area contributed by atoms with Gasteiger partial charge in [-0.3, -0.25) is 0 Å². The van der Waals surface area contributed by atoms with E-state index in [1.54, 1.807) is 6.07 Å². The molecule has 1 aliphatic rings. The molecule has 2 aromatic carbocycles. The zero-order valence-corrected chi connectivity index (χ0v) is 15.7. The van der Waals surface area contributed by atoms with Gasteiger partial charge in [0.15, 0.2) is 0 Å². The normalized spacial score (nSPS) is 13.3. The predicted molar refractivity (Wildman–Crippen MR) is 104 cm³/mol. The maximum atomic E-state index is 13.3. The summed E-state index contributed by atoms with van der Waals surface area (Å²) in [6, 6.07) is 12.3. The molecule has 0 saturated heterocycles. The number of aromatic carboxylic acids is 1. The molecule has 0 atom stereocenters. The van der Waals surface area contributed by atoms with Crippen LogP contribution in [-0.4, -0.2) is 27.6 Å². The zero-order valence-electron chi connectivity index (χ0n) is 14.9. The Labute approximate surface area is 166 Å². The van der Waals surface area contributed by atoms with E-state index in [1.807, 2.05) is 17.0 Å². The van der Waals surface area contributed by atoms with Crippen molar-refractivity contribution in [3.05, 3.63) is 87.4 Å². The molecular weight excluding hydrogens is 381 g/mol. The van der Waals surface area contributed by atoms with Gasteiger partial charge in [-0.25, -0.2) is 19.2 Å². The SMILES string of the molecule is O=C(O)c1cnc(N2CCc3ccccc3C2)nc1Cc1ccc(F)cc1Cl. The van der Waals surface area contributed by atoms with E-state index in [-0.39, 0.29) is 17.0 Å². The fraction of sp³-hybridized carbons (Fsp3) is 0.190. The molecule has 0 fully saturated rings. The molecule has 0 aliphatic carbocycles. The van der Waals surface area contributed by atoms with Crippen LogP contribution in [0.15, 0.2) is 48.7 Å².